The Bertz CT molecular complexity index is 932. The second-order valence-corrected chi connectivity index (χ2v) is 7.93. The molecular weight excluding hydrogens is 368 g/mol. The minimum Gasteiger partial charge on any atom is -0.353 e. The molecule has 1 aliphatic rings. The van der Waals surface area contributed by atoms with Crippen LogP contribution in [0, 0.1) is 6.92 Å². The van der Waals surface area contributed by atoms with Crippen LogP contribution in [0.4, 0.5) is 5.82 Å². The van der Waals surface area contributed by atoms with Crippen molar-refractivity contribution in [2.75, 3.05) is 31.1 Å². The average molecular weight is 393 g/mol. The molecule has 3 aromatic rings. The third-order valence-electron chi connectivity index (χ3n) is 5.02. The Balaban J connectivity index is 1.28. The van der Waals surface area contributed by atoms with Crippen LogP contribution in [-0.2, 0) is 11.2 Å². The average Bonchev–Trinajstić information content (AvgIpc) is 3.22. The maximum Gasteiger partial charge on any atom is 0.223 e. The zero-order valence-electron chi connectivity index (χ0n) is 16.0. The highest BCUT2D eigenvalue weighted by Gasteiger charge is 2.21. The molecule has 0 aliphatic carbocycles. The van der Waals surface area contributed by atoms with Crippen molar-refractivity contribution in [1.82, 2.24) is 14.9 Å². The second kappa shape index (κ2) is 8.52. The van der Waals surface area contributed by atoms with E-state index in [0.717, 1.165) is 48.3 Å². The summed E-state index contributed by atoms with van der Waals surface area (Å²) in [5.41, 5.74) is 3.38. The number of hydrogen-bond donors (Lipinski definition) is 0. The number of thiazole rings is 1. The van der Waals surface area contributed by atoms with Crippen LogP contribution < -0.4 is 4.90 Å². The van der Waals surface area contributed by atoms with Crippen LogP contribution in [0.1, 0.15) is 17.7 Å². The maximum absolute atomic E-state index is 12.6. The first-order chi connectivity index (χ1) is 13.7. The fourth-order valence-corrected chi connectivity index (χ4v) is 4.30. The number of amides is 1. The van der Waals surface area contributed by atoms with Crippen LogP contribution >= 0.6 is 11.3 Å². The van der Waals surface area contributed by atoms with Crippen molar-refractivity contribution in [3.63, 3.8) is 0 Å². The van der Waals surface area contributed by atoms with Crippen molar-refractivity contribution < 1.29 is 4.79 Å². The standard InChI is InChI=1S/C22H24N4OS/c1-17-5-4-6-18(15-17)22-24-19(16-28-22)8-9-21(27)26-13-11-25(12-14-26)20-7-2-3-10-23-20/h2-7,10,15-16H,8-9,11-14H2,1H3. The highest BCUT2D eigenvalue weighted by Crippen LogP contribution is 2.25. The molecular formula is C22H24N4OS. The van der Waals surface area contributed by atoms with E-state index in [0.29, 0.717) is 12.8 Å². The van der Waals surface area contributed by atoms with Gasteiger partial charge < -0.3 is 9.80 Å². The van der Waals surface area contributed by atoms with Gasteiger partial charge in [0.2, 0.25) is 5.91 Å². The number of anilines is 1. The van der Waals surface area contributed by atoms with E-state index in [4.69, 9.17) is 4.98 Å². The molecule has 4 rings (SSSR count). The van der Waals surface area contributed by atoms with Gasteiger partial charge in [0.15, 0.2) is 0 Å². The largest absolute Gasteiger partial charge is 0.353 e. The minimum atomic E-state index is 0.214. The van der Waals surface area contributed by atoms with E-state index >= 15 is 0 Å². The molecule has 5 nitrogen and oxygen atoms in total. The summed E-state index contributed by atoms with van der Waals surface area (Å²) in [6, 6.07) is 14.3. The number of aromatic nitrogens is 2. The van der Waals surface area contributed by atoms with E-state index in [1.807, 2.05) is 29.3 Å². The van der Waals surface area contributed by atoms with Gasteiger partial charge in [0.05, 0.1) is 5.69 Å². The molecule has 0 saturated carbocycles. The molecule has 1 saturated heterocycles. The van der Waals surface area contributed by atoms with Crippen molar-refractivity contribution in [1.29, 1.82) is 0 Å². The van der Waals surface area contributed by atoms with Crippen LogP contribution in [0.15, 0.2) is 54.0 Å². The number of pyridine rings is 1. The number of nitrogens with zero attached hydrogens (tertiary/aromatic N) is 4. The minimum absolute atomic E-state index is 0.214. The molecule has 144 valence electrons. The third-order valence-corrected chi connectivity index (χ3v) is 5.96. The van der Waals surface area contributed by atoms with Gasteiger partial charge in [-0.3, -0.25) is 4.79 Å². The van der Waals surface area contributed by atoms with Crippen molar-refractivity contribution in [2.45, 2.75) is 19.8 Å². The Morgan fingerprint density at radius 1 is 1.11 bits per heavy atom. The number of hydrogen-bond acceptors (Lipinski definition) is 5. The van der Waals surface area contributed by atoms with Crippen LogP contribution in [0.3, 0.4) is 0 Å². The number of piperazine rings is 1. The quantitative estimate of drug-likeness (QED) is 0.663. The molecule has 3 heterocycles. The Labute approximate surface area is 169 Å². The lowest BCUT2D eigenvalue weighted by molar-refractivity contribution is -0.131. The van der Waals surface area contributed by atoms with Gasteiger partial charge in [-0.15, -0.1) is 11.3 Å². The van der Waals surface area contributed by atoms with E-state index in [9.17, 15) is 4.79 Å². The molecule has 28 heavy (non-hydrogen) atoms. The van der Waals surface area contributed by atoms with Crippen molar-refractivity contribution in [2.24, 2.45) is 0 Å². The molecule has 1 aliphatic heterocycles. The number of carbonyl (C=O) groups is 1. The fourth-order valence-electron chi connectivity index (χ4n) is 3.45. The monoisotopic (exact) mass is 392 g/mol. The summed E-state index contributed by atoms with van der Waals surface area (Å²) < 4.78 is 0. The van der Waals surface area contributed by atoms with Gasteiger partial charge in [-0.1, -0.05) is 29.8 Å². The summed E-state index contributed by atoms with van der Waals surface area (Å²) >= 11 is 1.65. The van der Waals surface area contributed by atoms with E-state index in [-0.39, 0.29) is 5.91 Å². The van der Waals surface area contributed by atoms with Crippen LogP contribution in [-0.4, -0.2) is 47.0 Å². The first kappa shape index (κ1) is 18.6. The Hall–Kier alpha value is -2.73. The number of aryl methyl sites for hydroxylation is 2. The van der Waals surface area contributed by atoms with Gasteiger partial charge >= 0.3 is 0 Å². The summed E-state index contributed by atoms with van der Waals surface area (Å²) in [6.07, 6.45) is 3.02. The molecule has 2 aromatic heterocycles. The van der Waals surface area contributed by atoms with Gasteiger partial charge in [0, 0.05) is 49.7 Å². The molecule has 1 aromatic carbocycles. The smallest absolute Gasteiger partial charge is 0.223 e. The second-order valence-electron chi connectivity index (χ2n) is 7.07. The van der Waals surface area contributed by atoms with E-state index in [2.05, 4.69) is 46.5 Å². The van der Waals surface area contributed by atoms with Gasteiger partial charge in [-0.05, 0) is 31.5 Å². The summed E-state index contributed by atoms with van der Waals surface area (Å²) in [5.74, 6) is 1.20. The molecule has 1 amide bonds. The normalized spacial score (nSPS) is 14.3. The molecule has 6 heteroatoms. The lowest BCUT2D eigenvalue weighted by atomic mass is 10.1. The zero-order chi connectivity index (χ0) is 19.3. The van der Waals surface area contributed by atoms with Crippen molar-refractivity contribution >= 4 is 23.1 Å². The molecule has 0 bridgehead atoms. The first-order valence-corrected chi connectivity index (χ1v) is 10.5. The SMILES string of the molecule is Cc1cccc(-c2nc(CCC(=O)N3CCN(c4ccccn4)CC3)cs2)c1. The Morgan fingerprint density at radius 2 is 1.96 bits per heavy atom. The highest BCUT2D eigenvalue weighted by molar-refractivity contribution is 7.13. The van der Waals surface area contributed by atoms with Crippen LogP contribution in [0.2, 0.25) is 0 Å². The Kier molecular flexibility index (Phi) is 5.67. The molecule has 0 radical (unpaired) electrons. The first-order valence-electron chi connectivity index (χ1n) is 9.64. The molecule has 1 fully saturated rings. The van der Waals surface area contributed by atoms with Gasteiger partial charge in [0.25, 0.3) is 0 Å². The summed E-state index contributed by atoms with van der Waals surface area (Å²) in [7, 11) is 0. The van der Waals surface area contributed by atoms with Crippen LogP contribution in [0.25, 0.3) is 10.6 Å². The predicted molar refractivity (Wildman–Crippen MR) is 114 cm³/mol. The van der Waals surface area contributed by atoms with E-state index in [1.54, 1.807) is 11.3 Å². The lowest BCUT2D eigenvalue weighted by Crippen LogP contribution is -2.49. The van der Waals surface area contributed by atoms with Gasteiger partial charge in [-0.2, -0.15) is 0 Å². The van der Waals surface area contributed by atoms with Crippen LogP contribution in [0.5, 0.6) is 0 Å². The third kappa shape index (κ3) is 4.39. The van der Waals surface area contributed by atoms with E-state index < -0.39 is 0 Å². The highest BCUT2D eigenvalue weighted by atomic mass is 32.1. The maximum atomic E-state index is 12.6. The summed E-state index contributed by atoms with van der Waals surface area (Å²) in [4.78, 5) is 25.9. The zero-order valence-corrected chi connectivity index (χ0v) is 16.9. The number of benzene rings is 1. The lowest BCUT2D eigenvalue weighted by Gasteiger charge is -2.35. The predicted octanol–water partition coefficient (Wildman–Crippen LogP) is 3.79. The Morgan fingerprint density at radius 3 is 2.71 bits per heavy atom. The van der Waals surface area contributed by atoms with E-state index in [1.165, 1.54) is 5.56 Å². The number of carbonyl (C=O) groups excluding carboxylic acids is 1. The molecule has 0 N–H and O–H groups in total. The molecule has 0 unspecified atom stereocenters. The molecule has 0 atom stereocenters. The number of rotatable bonds is 5. The van der Waals surface area contributed by atoms with Gasteiger partial charge in [-0.25, -0.2) is 9.97 Å². The van der Waals surface area contributed by atoms with Crippen molar-refractivity contribution in [3.05, 3.63) is 65.3 Å². The molecule has 0 spiro atoms. The summed E-state index contributed by atoms with van der Waals surface area (Å²) in [6.45, 7) is 5.25. The van der Waals surface area contributed by atoms with Crippen molar-refractivity contribution in [3.8, 4) is 10.6 Å². The summed E-state index contributed by atoms with van der Waals surface area (Å²) in [5, 5.41) is 3.10. The topological polar surface area (TPSA) is 49.3 Å². The van der Waals surface area contributed by atoms with Gasteiger partial charge in [0.1, 0.15) is 10.8 Å². The fraction of sp³-hybridized carbons (Fsp3) is 0.318.